The summed E-state index contributed by atoms with van der Waals surface area (Å²) in [5.74, 6) is 0.104. The first-order valence-corrected chi connectivity index (χ1v) is 5.29. The van der Waals surface area contributed by atoms with Crippen molar-refractivity contribution < 1.29 is 0 Å². The van der Waals surface area contributed by atoms with Gasteiger partial charge in [0.1, 0.15) is 5.15 Å². The Labute approximate surface area is 102 Å². The first-order valence-electron chi connectivity index (χ1n) is 3.74. The summed E-state index contributed by atoms with van der Waals surface area (Å²) < 4.78 is 1.85. The Morgan fingerprint density at radius 3 is 2.73 bits per heavy atom. The van der Waals surface area contributed by atoms with Gasteiger partial charge in [0.25, 0.3) is 0 Å². The maximum absolute atomic E-state index is 11.5. The molecule has 0 fully saturated rings. The molecule has 5 nitrogen and oxygen atoms in total. The van der Waals surface area contributed by atoms with Crippen LogP contribution in [-0.2, 0) is 0 Å². The first-order chi connectivity index (χ1) is 7.08. The molecule has 1 N–H and O–H groups in total. The van der Waals surface area contributed by atoms with Crippen molar-refractivity contribution in [2.24, 2.45) is 0 Å². The lowest BCUT2D eigenvalue weighted by molar-refractivity contribution is 0.805. The summed E-state index contributed by atoms with van der Waals surface area (Å²) in [5, 5.41) is 10.5. The van der Waals surface area contributed by atoms with Crippen molar-refractivity contribution in [3.05, 3.63) is 37.3 Å². The van der Waals surface area contributed by atoms with Crippen molar-refractivity contribution >= 4 is 39.1 Å². The lowest BCUT2D eigenvalue weighted by Gasteiger charge is -1.97. The average Bonchev–Trinajstić information content (AvgIpc) is 2.46. The highest BCUT2D eigenvalue weighted by Gasteiger charge is 2.09. The number of nitrogens with one attached hydrogen (secondary N) is 1. The van der Waals surface area contributed by atoms with Gasteiger partial charge < -0.3 is 0 Å². The molecule has 0 aromatic carbocycles. The van der Waals surface area contributed by atoms with Crippen LogP contribution in [0.15, 0.2) is 21.5 Å². The van der Waals surface area contributed by atoms with Crippen LogP contribution in [0.4, 0.5) is 0 Å². The molecule has 0 radical (unpaired) electrons. The third kappa shape index (κ3) is 2.06. The molecular weight excluding hydrogens is 307 g/mol. The van der Waals surface area contributed by atoms with Crippen LogP contribution in [0.1, 0.15) is 0 Å². The third-order valence-electron chi connectivity index (χ3n) is 1.59. The highest BCUT2D eigenvalue weighted by molar-refractivity contribution is 9.10. The smallest absolute Gasteiger partial charge is 0.227 e. The van der Waals surface area contributed by atoms with E-state index in [2.05, 4.69) is 31.2 Å². The molecule has 0 aliphatic heterocycles. The average molecular weight is 310 g/mol. The van der Waals surface area contributed by atoms with Gasteiger partial charge in [0, 0.05) is 12.3 Å². The molecule has 0 aliphatic rings. The molecule has 0 saturated carbocycles. The molecule has 8 heteroatoms. The van der Waals surface area contributed by atoms with Gasteiger partial charge in [0.2, 0.25) is 11.2 Å². The Hall–Kier alpha value is -0.850. The molecule has 0 bridgehead atoms. The van der Waals surface area contributed by atoms with Crippen LogP contribution < -0.4 is 5.43 Å². The van der Waals surface area contributed by atoms with Crippen molar-refractivity contribution in [2.75, 3.05) is 0 Å². The van der Waals surface area contributed by atoms with E-state index >= 15 is 0 Å². The highest BCUT2D eigenvalue weighted by atomic mass is 79.9. The minimum atomic E-state index is -0.342. The summed E-state index contributed by atoms with van der Waals surface area (Å²) in [5.41, 5.74) is -0.342. The highest BCUT2D eigenvalue weighted by Crippen LogP contribution is 2.20. The van der Waals surface area contributed by atoms with Crippen LogP contribution in [0.5, 0.6) is 0 Å². The summed E-state index contributed by atoms with van der Waals surface area (Å²) in [4.78, 5) is 11.5. The molecule has 0 atom stereocenters. The quantitative estimate of drug-likeness (QED) is 0.876. The Bertz CT molecular complexity index is 545. The van der Waals surface area contributed by atoms with Crippen molar-refractivity contribution in [2.45, 2.75) is 0 Å². The molecule has 78 valence electrons. The zero-order chi connectivity index (χ0) is 11.0. The maximum atomic E-state index is 11.5. The maximum Gasteiger partial charge on any atom is 0.227 e. The summed E-state index contributed by atoms with van der Waals surface area (Å²) in [6.45, 7) is 0. The number of aromatic nitrogens is 4. The van der Waals surface area contributed by atoms with E-state index in [1.165, 1.54) is 16.9 Å². The van der Waals surface area contributed by atoms with Crippen LogP contribution in [0.25, 0.3) is 5.82 Å². The lowest BCUT2D eigenvalue weighted by atomic mass is 10.5. The Balaban J connectivity index is 2.59. The fourth-order valence-corrected chi connectivity index (χ4v) is 1.52. The van der Waals surface area contributed by atoms with Gasteiger partial charge in [-0.15, -0.1) is 0 Å². The van der Waals surface area contributed by atoms with E-state index in [1.54, 1.807) is 0 Å². The molecule has 2 aromatic rings. The Kier molecular flexibility index (Phi) is 2.81. The van der Waals surface area contributed by atoms with Gasteiger partial charge >= 0.3 is 0 Å². The van der Waals surface area contributed by atoms with Crippen molar-refractivity contribution in [3.63, 3.8) is 0 Å². The number of halogens is 3. The van der Waals surface area contributed by atoms with Gasteiger partial charge in [-0.25, -0.2) is 4.68 Å². The van der Waals surface area contributed by atoms with Gasteiger partial charge in [-0.2, -0.15) is 10.2 Å². The molecule has 15 heavy (non-hydrogen) atoms. The first kappa shape index (κ1) is 10.7. The third-order valence-corrected chi connectivity index (χ3v) is 2.87. The van der Waals surface area contributed by atoms with Crippen LogP contribution >= 0.6 is 39.1 Å². The van der Waals surface area contributed by atoms with Gasteiger partial charge in [0.05, 0.1) is 4.47 Å². The van der Waals surface area contributed by atoms with Gasteiger partial charge in [-0.3, -0.25) is 9.89 Å². The lowest BCUT2D eigenvalue weighted by Crippen LogP contribution is -2.14. The largest absolute Gasteiger partial charge is 0.286 e. The molecule has 2 aromatic heterocycles. The van der Waals surface area contributed by atoms with Crippen molar-refractivity contribution in [1.82, 2.24) is 20.0 Å². The monoisotopic (exact) mass is 308 g/mol. The molecule has 2 heterocycles. The number of rotatable bonds is 1. The number of hydrogen-bond donors (Lipinski definition) is 1. The second-order valence-electron chi connectivity index (χ2n) is 2.62. The SMILES string of the molecule is O=c1cc(Cl)[nH]nc1-n1cc(Br)c(Cl)n1. The number of aromatic amines is 1. The second-order valence-corrected chi connectivity index (χ2v) is 4.24. The van der Waals surface area contributed by atoms with Gasteiger partial charge in [0.15, 0.2) is 5.15 Å². The molecule has 0 unspecified atom stereocenters. The Morgan fingerprint density at radius 1 is 1.47 bits per heavy atom. The summed E-state index contributed by atoms with van der Waals surface area (Å²) in [6.07, 6.45) is 1.54. The topological polar surface area (TPSA) is 63.6 Å². The zero-order valence-electron chi connectivity index (χ0n) is 7.04. The van der Waals surface area contributed by atoms with Crippen molar-refractivity contribution in [3.8, 4) is 5.82 Å². The fraction of sp³-hybridized carbons (Fsp3) is 0. The molecule has 0 aliphatic carbocycles. The normalized spacial score (nSPS) is 10.6. The molecule has 0 spiro atoms. The van der Waals surface area contributed by atoms with E-state index in [1.807, 2.05) is 0 Å². The van der Waals surface area contributed by atoms with E-state index in [9.17, 15) is 4.79 Å². The fourth-order valence-electron chi connectivity index (χ4n) is 0.978. The summed E-state index contributed by atoms with van der Waals surface area (Å²) in [6, 6.07) is 1.22. The minimum absolute atomic E-state index is 0.104. The number of H-pyrrole nitrogens is 1. The van der Waals surface area contributed by atoms with E-state index in [4.69, 9.17) is 23.2 Å². The van der Waals surface area contributed by atoms with Crippen LogP contribution in [0.2, 0.25) is 10.3 Å². The van der Waals surface area contributed by atoms with Gasteiger partial charge in [-0.1, -0.05) is 23.2 Å². The number of nitrogens with zero attached hydrogens (tertiary/aromatic N) is 3. The van der Waals surface area contributed by atoms with Gasteiger partial charge in [-0.05, 0) is 15.9 Å². The molecule has 0 amide bonds. The van der Waals surface area contributed by atoms with Crippen LogP contribution in [-0.4, -0.2) is 20.0 Å². The van der Waals surface area contributed by atoms with E-state index in [0.29, 0.717) is 4.47 Å². The minimum Gasteiger partial charge on any atom is -0.286 e. The standard InChI is InChI=1S/C7H3BrCl2N4O/c8-3-2-14(13-6(3)10)7-4(15)1-5(9)11-12-7/h1-2H,(H,11,15). The predicted octanol–water partition coefficient (Wildman–Crippen LogP) is 2.02. The summed E-state index contributed by atoms with van der Waals surface area (Å²) in [7, 11) is 0. The predicted molar refractivity (Wildman–Crippen MR) is 59.7 cm³/mol. The molecule has 0 saturated heterocycles. The van der Waals surface area contributed by atoms with E-state index < -0.39 is 0 Å². The molecular formula is C7H3BrCl2N4O. The zero-order valence-corrected chi connectivity index (χ0v) is 10.1. The summed E-state index contributed by atoms with van der Waals surface area (Å²) >= 11 is 14.4. The Morgan fingerprint density at radius 2 is 2.20 bits per heavy atom. The van der Waals surface area contributed by atoms with E-state index in [-0.39, 0.29) is 21.6 Å². The molecule has 2 rings (SSSR count). The van der Waals surface area contributed by atoms with Crippen LogP contribution in [0, 0.1) is 0 Å². The number of hydrogen-bond acceptors (Lipinski definition) is 3. The second kappa shape index (κ2) is 3.96. The van der Waals surface area contributed by atoms with E-state index in [0.717, 1.165) is 0 Å². The van der Waals surface area contributed by atoms with Crippen molar-refractivity contribution in [1.29, 1.82) is 0 Å². The van der Waals surface area contributed by atoms with Crippen LogP contribution in [0.3, 0.4) is 0 Å².